The van der Waals surface area contributed by atoms with Gasteiger partial charge in [0.05, 0.1) is 6.61 Å². The Morgan fingerprint density at radius 2 is 2.06 bits per heavy atom. The number of ether oxygens (including phenoxy) is 1. The van der Waals surface area contributed by atoms with Crippen molar-refractivity contribution in [2.45, 2.75) is 20.3 Å². The van der Waals surface area contributed by atoms with Crippen molar-refractivity contribution in [1.82, 2.24) is 0 Å². The molecule has 18 heavy (non-hydrogen) atoms. The van der Waals surface area contributed by atoms with Gasteiger partial charge in [0.1, 0.15) is 6.07 Å². The van der Waals surface area contributed by atoms with Gasteiger partial charge in [0.15, 0.2) is 5.57 Å². The number of anilines is 1. The Labute approximate surface area is 107 Å². The fourth-order valence-corrected chi connectivity index (χ4v) is 1.34. The fraction of sp³-hybridized carbons (Fsp3) is 0.286. The molecule has 1 rings (SSSR count). The first-order valence-electron chi connectivity index (χ1n) is 5.84. The highest BCUT2D eigenvalue weighted by Gasteiger charge is 2.08. The summed E-state index contributed by atoms with van der Waals surface area (Å²) in [6.07, 6.45) is 2.33. The minimum absolute atomic E-state index is 0.0450. The van der Waals surface area contributed by atoms with Gasteiger partial charge in [-0.2, -0.15) is 5.26 Å². The van der Waals surface area contributed by atoms with E-state index in [0.717, 1.165) is 12.1 Å². The van der Waals surface area contributed by atoms with Gasteiger partial charge in [0, 0.05) is 11.9 Å². The van der Waals surface area contributed by atoms with E-state index >= 15 is 0 Å². The molecule has 0 unspecified atom stereocenters. The molecule has 0 radical (unpaired) electrons. The summed E-state index contributed by atoms with van der Waals surface area (Å²) in [5.41, 5.74) is 2.01. The van der Waals surface area contributed by atoms with Crippen LogP contribution in [0, 0.1) is 11.3 Å². The summed E-state index contributed by atoms with van der Waals surface area (Å²) >= 11 is 0. The summed E-state index contributed by atoms with van der Waals surface area (Å²) in [6.45, 7) is 4.03. The Hall–Kier alpha value is -2.28. The van der Waals surface area contributed by atoms with Crippen molar-refractivity contribution in [1.29, 1.82) is 5.26 Å². The Kier molecular flexibility index (Phi) is 5.46. The summed E-state index contributed by atoms with van der Waals surface area (Å²) in [7, 11) is 0. The molecule has 0 aliphatic rings. The first kappa shape index (κ1) is 13.8. The maximum atomic E-state index is 11.3. The van der Waals surface area contributed by atoms with Crippen LogP contribution in [0.15, 0.2) is 36.0 Å². The first-order chi connectivity index (χ1) is 8.71. The van der Waals surface area contributed by atoms with E-state index in [4.69, 9.17) is 10.00 Å². The summed E-state index contributed by atoms with van der Waals surface area (Å²) in [5.74, 6) is -0.613. The van der Waals surface area contributed by atoms with Crippen molar-refractivity contribution < 1.29 is 9.53 Å². The number of benzene rings is 1. The highest BCUT2D eigenvalue weighted by molar-refractivity contribution is 5.93. The quantitative estimate of drug-likeness (QED) is 0.491. The van der Waals surface area contributed by atoms with Crippen LogP contribution in [-0.2, 0) is 16.0 Å². The lowest BCUT2D eigenvalue weighted by atomic mass is 10.1. The lowest BCUT2D eigenvalue weighted by Gasteiger charge is -2.03. The van der Waals surface area contributed by atoms with Crippen LogP contribution in [0.1, 0.15) is 19.4 Å². The minimum atomic E-state index is -0.613. The van der Waals surface area contributed by atoms with E-state index in [2.05, 4.69) is 12.2 Å². The molecule has 1 aromatic carbocycles. The molecule has 4 heteroatoms. The van der Waals surface area contributed by atoms with Crippen LogP contribution in [0.5, 0.6) is 0 Å². The summed E-state index contributed by atoms with van der Waals surface area (Å²) < 4.78 is 4.75. The zero-order chi connectivity index (χ0) is 13.4. The number of carbonyl (C=O) groups is 1. The van der Waals surface area contributed by atoms with E-state index in [-0.39, 0.29) is 12.2 Å². The molecule has 0 saturated carbocycles. The topological polar surface area (TPSA) is 62.1 Å². The van der Waals surface area contributed by atoms with Crippen molar-refractivity contribution in [3.05, 3.63) is 41.6 Å². The Morgan fingerprint density at radius 3 is 2.56 bits per heavy atom. The Bertz CT molecular complexity index is 470. The number of aryl methyl sites for hydroxylation is 1. The molecule has 0 aliphatic heterocycles. The number of nitrogens with one attached hydrogen (secondary N) is 1. The van der Waals surface area contributed by atoms with E-state index in [1.54, 1.807) is 13.0 Å². The predicted molar refractivity (Wildman–Crippen MR) is 69.8 cm³/mol. The molecular formula is C14H16N2O2. The summed E-state index contributed by atoms with van der Waals surface area (Å²) in [6, 6.07) is 9.59. The van der Waals surface area contributed by atoms with Crippen molar-refractivity contribution in [3.8, 4) is 6.07 Å². The number of esters is 1. The van der Waals surface area contributed by atoms with Crippen LogP contribution < -0.4 is 5.32 Å². The molecule has 1 N–H and O–H groups in total. The molecule has 4 nitrogen and oxygen atoms in total. The number of nitriles is 1. The molecule has 0 fully saturated rings. The molecule has 0 spiro atoms. The van der Waals surface area contributed by atoms with Crippen LogP contribution >= 0.6 is 0 Å². The molecule has 0 aromatic heterocycles. The normalized spacial score (nSPS) is 10.6. The number of rotatable bonds is 5. The van der Waals surface area contributed by atoms with Gasteiger partial charge in [-0.25, -0.2) is 4.79 Å². The molecule has 94 valence electrons. The van der Waals surface area contributed by atoms with Crippen LogP contribution in [0.4, 0.5) is 5.69 Å². The van der Waals surface area contributed by atoms with E-state index in [1.165, 1.54) is 11.8 Å². The Balaban J connectivity index is 2.71. The monoisotopic (exact) mass is 244 g/mol. The molecular weight excluding hydrogens is 228 g/mol. The summed E-state index contributed by atoms with van der Waals surface area (Å²) in [4.78, 5) is 11.3. The SMILES string of the molecule is CCOC(=O)/C(C#N)=C\Nc1ccc(CC)cc1. The Morgan fingerprint density at radius 1 is 1.39 bits per heavy atom. The number of carbonyl (C=O) groups excluding carboxylic acids is 1. The zero-order valence-corrected chi connectivity index (χ0v) is 10.6. The number of hydrogen-bond acceptors (Lipinski definition) is 4. The van der Waals surface area contributed by atoms with Crippen LogP contribution in [-0.4, -0.2) is 12.6 Å². The van der Waals surface area contributed by atoms with Crippen LogP contribution in [0.3, 0.4) is 0 Å². The second-order valence-corrected chi connectivity index (χ2v) is 3.59. The lowest BCUT2D eigenvalue weighted by molar-refractivity contribution is -0.138. The van der Waals surface area contributed by atoms with Gasteiger partial charge in [-0.1, -0.05) is 19.1 Å². The minimum Gasteiger partial charge on any atom is -0.462 e. The number of nitrogens with zero attached hydrogens (tertiary/aromatic N) is 1. The molecule has 0 saturated heterocycles. The predicted octanol–water partition coefficient (Wildman–Crippen LogP) is 2.63. The molecule has 0 amide bonds. The van der Waals surface area contributed by atoms with Crippen molar-refractivity contribution in [3.63, 3.8) is 0 Å². The van der Waals surface area contributed by atoms with Gasteiger partial charge in [0.25, 0.3) is 0 Å². The van der Waals surface area contributed by atoms with Gasteiger partial charge in [0.2, 0.25) is 0 Å². The molecule has 0 atom stereocenters. The summed E-state index contributed by atoms with van der Waals surface area (Å²) in [5, 5.41) is 11.7. The fourth-order valence-electron chi connectivity index (χ4n) is 1.34. The van der Waals surface area contributed by atoms with Gasteiger partial charge in [-0.05, 0) is 31.0 Å². The third-order valence-corrected chi connectivity index (χ3v) is 2.36. The lowest BCUT2D eigenvalue weighted by Crippen LogP contribution is -2.07. The van der Waals surface area contributed by atoms with Gasteiger partial charge < -0.3 is 10.1 Å². The average Bonchev–Trinajstić information content (AvgIpc) is 2.40. The third kappa shape index (κ3) is 3.95. The van der Waals surface area contributed by atoms with Crippen molar-refractivity contribution >= 4 is 11.7 Å². The van der Waals surface area contributed by atoms with E-state index in [9.17, 15) is 4.79 Å². The van der Waals surface area contributed by atoms with Crippen LogP contribution in [0.25, 0.3) is 0 Å². The van der Waals surface area contributed by atoms with Crippen molar-refractivity contribution in [2.75, 3.05) is 11.9 Å². The number of hydrogen-bond donors (Lipinski definition) is 1. The van der Waals surface area contributed by atoms with Gasteiger partial charge in [-0.15, -0.1) is 0 Å². The first-order valence-corrected chi connectivity index (χ1v) is 5.84. The van der Waals surface area contributed by atoms with E-state index in [1.807, 2.05) is 24.3 Å². The molecule has 0 aliphatic carbocycles. The standard InChI is InChI=1S/C14H16N2O2/c1-3-11-5-7-13(8-6-11)16-10-12(9-15)14(17)18-4-2/h5-8,10,16H,3-4H2,1-2H3/b12-10-. The molecule has 0 heterocycles. The molecule has 1 aromatic rings. The van der Waals surface area contributed by atoms with Crippen molar-refractivity contribution in [2.24, 2.45) is 0 Å². The van der Waals surface area contributed by atoms with E-state index in [0.29, 0.717) is 0 Å². The molecule has 0 bridgehead atoms. The second kappa shape index (κ2) is 7.13. The highest BCUT2D eigenvalue weighted by Crippen LogP contribution is 2.10. The van der Waals surface area contributed by atoms with E-state index < -0.39 is 5.97 Å². The maximum Gasteiger partial charge on any atom is 0.350 e. The zero-order valence-electron chi connectivity index (χ0n) is 10.6. The maximum absolute atomic E-state index is 11.3. The highest BCUT2D eigenvalue weighted by atomic mass is 16.5. The third-order valence-electron chi connectivity index (χ3n) is 2.36. The smallest absolute Gasteiger partial charge is 0.350 e. The van der Waals surface area contributed by atoms with Gasteiger partial charge in [-0.3, -0.25) is 0 Å². The van der Waals surface area contributed by atoms with Gasteiger partial charge >= 0.3 is 5.97 Å². The second-order valence-electron chi connectivity index (χ2n) is 3.59. The van der Waals surface area contributed by atoms with Crippen LogP contribution in [0.2, 0.25) is 0 Å². The largest absolute Gasteiger partial charge is 0.462 e. The average molecular weight is 244 g/mol.